The topological polar surface area (TPSA) is 12.0 Å². The number of halogens is 1. The molecule has 0 atom stereocenters. The molecule has 0 saturated carbocycles. The third-order valence-corrected chi connectivity index (χ3v) is 3.05. The van der Waals surface area contributed by atoms with E-state index in [-0.39, 0.29) is 0 Å². The van der Waals surface area contributed by atoms with Crippen molar-refractivity contribution in [3.05, 3.63) is 28.2 Å². The first-order valence-electron chi connectivity index (χ1n) is 5.59. The van der Waals surface area contributed by atoms with Gasteiger partial charge >= 0.3 is 0 Å². The van der Waals surface area contributed by atoms with E-state index in [9.17, 15) is 0 Å². The minimum Gasteiger partial charge on any atom is -0.384 e. The number of anilines is 1. The molecule has 0 saturated heterocycles. The van der Waals surface area contributed by atoms with Gasteiger partial charge in [-0.15, -0.1) is 0 Å². The Balaban J connectivity index is 2.37. The van der Waals surface area contributed by atoms with Crippen molar-refractivity contribution in [2.24, 2.45) is 5.92 Å². The van der Waals surface area contributed by atoms with E-state index >= 15 is 0 Å². The molecule has 1 N–H and O–H groups in total. The summed E-state index contributed by atoms with van der Waals surface area (Å²) in [7, 11) is 0. The van der Waals surface area contributed by atoms with Gasteiger partial charge in [0.05, 0.1) is 0 Å². The lowest BCUT2D eigenvalue weighted by Gasteiger charge is -2.10. The molecule has 0 unspecified atom stereocenters. The summed E-state index contributed by atoms with van der Waals surface area (Å²) in [4.78, 5) is 0. The van der Waals surface area contributed by atoms with E-state index in [1.165, 1.54) is 24.1 Å². The predicted molar refractivity (Wildman–Crippen MR) is 71.4 cm³/mol. The summed E-state index contributed by atoms with van der Waals surface area (Å²) in [6.45, 7) is 7.69. The third kappa shape index (κ3) is 4.70. The first-order chi connectivity index (χ1) is 7.09. The average Bonchev–Trinajstić information content (AvgIpc) is 2.14. The Morgan fingerprint density at radius 2 is 2.07 bits per heavy atom. The van der Waals surface area contributed by atoms with Crippen LogP contribution in [0.4, 0.5) is 5.69 Å². The molecule has 0 amide bonds. The van der Waals surface area contributed by atoms with Gasteiger partial charge in [0.15, 0.2) is 0 Å². The first-order valence-corrected chi connectivity index (χ1v) is 6.39. The van der Waals surface area contributed by atoms with Crippen LogP contribution in [-0.2, 0) is 0 Å². The summed E-state index contributed by atoms with van der Waals surface area (Å²) in [5.74, 6) is 0.799. The van der Waals surface area contributed by atoms with Gasteiger partial charge < -0.3 is 5.32 Å². The van der Waals surface area contributed by atoms with Crippen LogP contribution in [0.5, 0.6) is 0 Å². The molecule has 15 heavy (non-hydrogen) atoms. The van der Waals surface area contributed by atoms with Crippen molar-refractivity contribution in [1.82, 2.24) is 0 Å². The molecule has 1 aromatic rings. The fourth-order valence-electron chi connectivity index (χ4n) is 1.50. The quantitative estimate of drug-likeness (QED) is 0.771. The fraction of sp³-hybridized carbons (Fsp3) is 0.538. The lowest BCUT2D eigenvalue weighted by atomic mass is 10.1. The van der Waals surface area contributed by atoms with Gasteiger partial charge in [-0.2, -0.15) is 0 Å². The minimum atomic E-state index is 0.799. The van der Waals surface area contributed by atoms with Gasteiger partial charge in [-0.25, -0.2) is 0 Å². The van der Waals surface area contributed by atoms with Crippen LogP contribution >= 0.6 is 15.9 Å². The molecule has 1 rings (SSSR count). The van der Waals surface area contributed by atoms with Crippen molar-refractivity contribution >= 4 is 21.6 Å². The second-order valence-corrected chi connectivity index (χ2v) is 5.30. The molecule has 0 heterocycles. The molecule has 0 spiro atoms. The van der Waals surface area contributed by atoms with E-state index in [2.05, 4.69) is 60.2 Å². The Bertz CT molecular complexity index is 307. The van der Waals surface area contributed by atoms with Crippen molar-refractivity contribution in [3.63, 3.8) is 0 Å². The van der Waals surface area contributed by atoms with E-state index < -0.39 is 0 Å². The number of rotatable bonds is 5. The van der Waals surface area contributed by atoms with Crippen molar-refractivity contribution in [1.29, 1.82) is 0 Å². The van der Waals surface area contributed by atoms with Crippen LogP contribution in [0.1, 0.15) is 32.3 Å². The Morgan fingerprint density at radius 3 is 2.67 bits per heavy atom. The summed E-state index contributed by atoms with van der Waals surface area (Å²) in [6.07, 6.45) is 2.52. The molecular weight excluding hydrogens is 250 g/mol. The van der Waals surface area contributed by atoms with Gasteiger partial charge in [-0.3, -0.25) is 0 Å². The smallest absolute Gasteiger partial charge is 0.0484 e. The predicted octanol–water partition coefficient (Wildman–Crippen LogP) is 4.61. The zero-order valence-corrected chi connectivity index (χ0v) is 11.4. The van der Waals surface area contributed by atoms with Crippen molar-refractivity contribution < 1.29 is 0 Å². The molecule has 84 valence electrons. The zero-order chi connectivity index (χ0) is 11.3. The second-order valence-electron chi connectivity index (χ2n) is 4.45. The van der Waals surface area contributed by atoms with Crippen LogP contribution in [0, 0.1) is 12.8 Å². The molecule has 0 bridgehead atoms. The van der Waals surface area contributed by atoms with Crippen molar-refractivity contribution in [2.75, 3.05) is 11.9 Å². The number of aryl methyl sites for hydroxylation is 1. The normalized spacial score (nSPS) is 10.7. The number of benzene rings is 1. The van der Waals surface area contributed by atoms with Gasteiger partial charge in [-0.05, 0) is 59.3 Å². The summed E-state index contributed by atoms with van der Waals surface area (Å²) in [5, 5.41) is 3.45. The van der Waals surface area contributed by atoms with Gasteiger partial charge in [0.25, 0.3) is 0 Å². The van der Waals surface area contributed by atoms with Crippen LogP contribution in [0.2, 0.25) is 0 Å². The Morgan fingerprint density at radius 1 is 1.33 bits per heavy atom. The Hall–Kier alpha value is -0.500. The molecule has 0 fully saturated rings. The standard InChI is InChI=1S/C13H20BrN/c1-10(2)5-4-8-15-13-7-6-11(3)9-12(13)14/h6-7,9-10,15H,4-5,8H2,1-3H3. The van der Waals surface area contributed by atoms with Gasteiger partial charge in [0, 0.05) is 16.7 Å². The van der Waals surface area contributed by atoms with Gasteiger partial charge in [-0.1, -0.05) is 19.9 Å². The highest BCUT2D eigenvalue weighted by Gasteiger charge is 1.99. The molecule has 0 aromatic heterocycles. The number of nitrogens with one attached hydrogen (secondary N) is 1. The Labute approximate surface area is 101 Å². The summed E-state index contributed by atoms with van der Waals surface area (Å²) in [5.41, 5.74) is 2.49. The van der Waals surface area contributed by atoms with Crippen LogP contribution < -0.4 is 5.32 Å². The van der Waals surface area contributed by atoms with Gasteiger partial charge in [0.1, 0.15) is 0 Å². The lowest BCUT2D eigenvalue weighted by Crippen LogP contribution is -2.03. The summed E-state index contributed by atoms with van der Waals surface area (Å²) < 4.78 is 1.16. The lowest BCUT2D eigenvalue weighted by molar-refractivity contribution is 0.567. The molecule has 2 heteroatoms. The molecule has 1 nitrogen and oxygen atoms in total. The molecule has 1 aromatic carbocycles. The fourth-order valence-corrected chi connectivity index (χ4v) is 2.13. The van der Waals surface area contributed by atoms with Crippen LogP contribution in [0.15, 0.2) is 22.7 Å². The highest BCUT2D eigenvalue weighted by Crippen LogP contribution is 2.23. The molecule has 0 aliphatic carbocycles. The second kappa shape index (κ2) is 6.16. The van der Waals surface area contributed by atoms with Gasteiger partial charge in [0.2, 0.25) is 0 Å². The Kier molecular flexibility index (Phi) is 5.16. The molecule has 0 aliphatic heterocycles. The zero-order valence-electron chi connectivity index (χ0n) is 9.81. The highest BCUT2D eigenvalue weighted by atomic mass is 79.9. The molecule has 0 radical (unpaired) electrons. The molecule has 0 aliphatic rings. The number of hydrogen-bond donors (Lipinski definition) is 1. The first kappa shape index (κ1) is 12.6. The monoisotopic (exact) mass is 269 g/mol. The third-order valence-electron chi connectivity index (χ3n) is 2.40. The van der Waals surface area contributed by atoms with E-state index in [4.69, 9.17) is 0 Å². The summed E-state index contributed by atoms with van der Waals surface area (Å²) >= 11 is 3.57. The maximum atomic E-state index is 3.57. The summed E-state index contributed by atoms with van der Waals surface area (Å²) in [6, 6.07) is 6.41. The van der Waals surface area contributed by atoms with Crippen LogP contribution in [0.3, 0.4) is 0 Å². The largest absolute Gasteiger partial charge is 0.384 e. The molecular formula is C13H20BrN. The van der Waals surface area contributed by atoms with Crippen molar-refractivity contribution in [3.8, 4) is 0 Å². The van der Waals surface area contributed by atoms with E-state index in [0.717, 1.165) is 16.9 Å². The minimum absolute atomic E-state index is 0.799. The van der Waals surface area contributed by atoms with E-state index in [1.807, 2.05) is 0 Å². The van der Waals surface area contributed by atoms with Crippen LogP contribution in [-0.4, -0.2) is 6.54 Å². The van der Waals surface area contributed by atoms with E-state index in [1.54, 1.807) is 0 Å². The number of hydrogen-bond acceptors (Lipinski definition) is 1. The maximum Gasteiger partial charge on any atom is 0.0484 e. The van der Waals surface area contributed by atoms with E-state index in [0.29, 0.717) is 0 Å². The van der Waals surface area contributed by atoms with Crippen molar-refractivity contribution in [2.45, 2.75) is 33.6 Å². The maximum absolute atomic E-state index is 3.57. The SMILES string of the molecule is Cc1ccc(NCCCC(C)C)c(Br)c1. The average molecular weight is 270 g/mol. The van der Waals surface area contributed by atoms with Crippen LogP contribution in [0.25, 0.3) is 0 Å². The highest BCUT2D eigenvalue weighted by molar-refractivity contribution is 9.10.